The Balaban J connectivity index is 1.62. The standard InChI is InChI=1S/C27H35N3O5S2/c1-19-16-30(20(2)18-31)27(32)23-14-22(11-6-10-21-8-4-5-9-21)15-28-26(23)35-24(19)17-29(3)37(33,34)25-12-7-13-36-25/h7,12-15,19-21,24,31H,4-5,8-10,16-18H2,1-3H3/t19-,20+,24-/m1/s1. The molecular formula is C27H35N3O5S2. The van der Waals surface area contributed by atoms with Crippen LogP contribution in [0.5, 0.6) is 5.88 Å². The average molecular weight is 546 g/mol. The first-order valence-electron chi connectivity index (χ1n) is 12.8. The minimum Gasteiger partial charge on any atom is -0.472 e. The Labute approximate surface area is 223 Å². The van der Waals surface area contributed by atoms with Crippen molar-refractivity contribution in [3.05, 3.63) is 40.9 Å². The fourth-order valence-electron chi connectivity index (χ4n) is 4.82. The molecule has 3 atom stereocenters. The maximum absolute atomic E-state index is 13.6. The molecule has 1 amide bonds. The van der Waals surface area contributed by atoms with Crippen molar-refractivity contribution in [2.75, 3.05) is 26.7 Å². The van der Waals surface area contributed by atoms with Gasteiger partial charge in [0, 0.05) is 37.7 Å². The number of pyridine rings is 1. The van der Waals surface area contributed by atoms with Crippen LogP contribution in [0.4, 0.5) is 0 Å². The second kappa shape index (κ2) is 11.9. The molecule has 2 aromatic rings. The number of sulfonamides is 1. The Kier molecular flexibility index (Phi) is 8.90. The van der Waals surface area contributed by atoms with E-state index in [1.54, 1.807) is 41.6 Å². The van der Waals surface area contributed by atoms with Crippen LogP contribution in [0.15, 0.2) is 34.0 Å². The molecule has 1 aliphatic heterocycles. The van der Waals surface area contributed by atoms with Gasteiger partial charge in [-0.05, 0) is 43.2 Å². The summed E-state index contributed by atoms with van der Waals surface area (Å²) in [5, 5.41) is 11.6. The number of hydrogen-bond acceptors (Lipinski definition) is 7. The molecule has 1 saturated carbocycles. The van der Waals surface area contributed by atoms with Gasteiger partial charge in [0.25, 0.3) is 15.9 Å². The molecule has 3 heterocycles. The highest BCUT2D eigenvalue weighted by Crippen LogP contribution is 2.29. The number of aliphatic hydroxyl groups excluding tert-OH is 1. The van der Waals surface area contributed by atoms with Crippen molar-refractivity contribution in [1.29, 1.82) is 0 Å². The second-order valence-corrected chi connectivity index (χ2v) is 13.3. The molecule has 4 rings (SSSR count). The molecule has 0 aromatic carbocycles. The van der Waals surface area contributed by atoms with Gasteiger partial charge in [-0.15, -0.1) is 11.3 Å². The summed E-state index contributed by atoms with van der Waals surface area (Å²) in [6.45, 7) is 3.89. The highest BCUT2D eigenvalue weighted by Gasteiger charge is 2.36. The first kappa shape index (κ1) is 27.6. The van der Waals surface area contributed by atoms with Crippen molar-refractivity contribution < 1.29 is 23.1 Å². The zero-order valence-corrected chi connectivity index (χ0v) is 23.2. The monoisotopic (exact) mass is 545 g/mol. The number of thiophene rings is 1. The van der Waals surface area contributed by atoms with Crippen LogP contribution in [-0.4, -0.2) is 72.5 Å². The van der Waals surface area contributed by atoms with Gasteiger partial charge in [0.2, 0.25) is 5.88 Å². The molecule has 1 aliphatic carbocycles. The number of fused-ring (bicyclic) bond motifs is 1. The van der Waals surface area contributed by atoms with Gasteiger partial charge in [0.05, 0.1) is 19.2 Å². The van der Waals surface area contributed by atoms with Gasteiger partial charge in [-0.2, -0.15) is 4.31 Å². The van der Waals surface area contributed by atoms with E-state index < -0.39 is 22.2 Å². The van der Waals surface area contributed by atoms with Crippen LogP contribution >= 0.6 is 11.3 Å². The van der Waals surface area contributed by atoms with Gasteiger partial charge >= 0.3 is 0 Å². The molecule has 2 aromatic heterocycles. The predicted molar refractivity (Wildman–Crippen MR) is 143 cm³/mol. The number of rotatable bonds is 7. The van der Waals surface area contributed by atoms with Crippen molar-refractivity contribution in [2.24, 2.45) is 11.8 Å². The van der Waals surface area contributed by atoms with E-state index in [0.29, 0.717) is 18.0 Å². The van der Waals surface area contributed by atoms with Crippen LogP contribution in [-0.2, 0) is 10.0 Å². The molecule has 200 valence electrons. The first-order chi connectivity index (χ1) is 17.7. The van der Waals surface area contributed by atoms with Crippen molar-refractivity contribution in [3.63, 3.8) is 0 Å². The smallest absolute Gasteiger partial charge is 0.259 e. The fraction of sp³-hybridized carbons (Fsp3) is 0.556. The number of amides is 1. The van der Waals surface area contributed by atoms with E-state index in [2.05, 4.69) is 16.8 Å². The third-order valence-electron chi connectivity index (χ3n) is 7.22. The number of aliphatic hydroxyl groups is 1. The molecular weight excluding hydrogens is 510 g/mol. The van der Waals surface area contributed by atoms with Crippen LogP contribution < -0.4 is 4.74 Å². The van der Waals surface area contributed by atoms with Gasteiger partial charge in [-0.1, -0.05) is 37.7 Å². The lowest BCUT2D eigenvalue weighted by Crippen LogP contribution is -2.50. The van der Waals surface area contributed by atoms with Crippen molar-refractivity contribution >= 4 is 27.3 Å². The van der Waals surface area contributed by atoms with Gasteiger partial charge in [-0.3, -0.25) is 4.79 Å². The van der Waals surface area contributed by atoms with E-state index >= 15 is 0 Å². The Hall–Kier alpha value is -2.45. The number of carbonyl (C=O) groups excluding carboxylic acids is 1. The van der Waals surface area contributed by atoms with Crippen LogP contribution in [0.3, 0.4) is 0 Å². The van der Waals surface area contributed by atoms with E-state index in [1.807, 2.05) is 6.92 Å². The van der Waals surface area contributed by atoms with Crippen molar-refractivity contribution in [3.8, 4) is 17.7 Å². The van der Waals surface area contributed by atoms with Crippen LogP contribution in [0.1, 0.15) is 61.9 Å². The number of hydrogen-bond donors (Lipinski definition) is 1. The molecule has 1 N–H and O–H groups in total. The lowest BCUT2D eigenvalue weighted by molar-refractivity contribution is 0.0373. The number of carbonyl (C=O) groups is 1. The molecule has 10 heteroatoms. The lowest BCUT2D eigenvalue weighted by Gasteiger charge is -2.37. The Morgan fingerprint density at radius 3 is 2.78 bits per heavy atom. The predicted octanol–water partition coefficient (Wildman–Crippen LogP) is 3.62. The highest BCUT2D eigenvalue weighted by atomic mass is 32.2. The maximum atomic E-state index is 13.6. The lowest BCUT2D eigenvalue weighted by atomic mass is 10.00. The fourth-order valence-corrected chi connectivity index (χ4v) is 7.20. The maximum Gasteiger partial charge on any atom is 0.259 e. The SMILES string of the molecule is C[C@@H]1CN([C@@H](C)CO)C(=O)c2cc(C#CCC3CCCC3)cnc2O[C@@H]1CN(C)S(=O)(=O)c1cccs1. The molecule has 8 nitrogen and oxygen atoms in total. The van der Waals surface area contributed by atoms with Crippen LogP contribution in [0.25, 0.3) is 0 Å². The molecule has 0 saturated heterocycles. The van der Waals surface area contributed by atoms with E-state index in [-0.39, 0.29) is 40.6 Å². The van der Waals surface area contributed by atoms with E-state index in [1.165, 1.54) is 37.0 Å². The molecule has 0 radical (unpaired) electrons. The van der Waals surface area contributed by atoms with Crippen molar-refractivity contribution in [1.82, 2.24) is 14.2 Å². The number of likely N-dealkylation sites (N-methyl/N-ethyl adjacent to an activating group) is 1. The Morgan fingerprint density at radius 2 is 2.11 bits per heavy atom. The molecule has 0 spiro atoms. The summed E-state index contributed by atoms with van der Waals surface area (Å²) in [5.41, 5.74) is 0.904. The van der Waals surface area contributed by atoms with Gasteiger partial charge in [0.1, 0.15) is 15.9 Å². The summed E-state index contributed by atoms with van der Waals surface area (Å²) in [6.07, 6.45) is 6.83. The third kappa shape index (κ3) is 6.34. The zero-order valence-electron chi connectivity index (χ0n) is 21.6. The molecule has 0 unspecified atom stereocenters. The number of ether oxygens (including phenoxy) is 1. The largest absolute Gasteiger partial charge is 0.472 e. The molecule has 1 fully saturated rings. The topological polar surface area (TPSA) is 100 Å². The quantitative estimate of drug-likeness (QED) is 0.534. The first-order valence-corrected chi connectivity index (χ1v) is 15.1. The van der Waals surface area contributed by atoms with E-state index in [4.69, 9.17) is 4.74 Å². The average Bonchev–Trinajstić information content (AvgIpc) is 3.61. The van der Waals surface area contributed by atoms with Gasteiger partial charge < -0.3 is 14.7 Å². The third-order valence-corrected chi connectivity index (χ3v) is 10.4. The normalized spacial score (nSPS) is 21.5. The van der Waals surface area contributed by atoms with E-state index in [9.17, 15) is 18.3 Å². The van der Waals surface area contributed by atoms with Gasteiger partial charge in [-0.25, -0.2) is 13.4 Å². The molecule has 0 bridgehead atoms. The minimum absolute atomic E-state index is 0.0843. The summed E-state index contributed by atoms with van der Waals surface area (Å²) < 4.78 is 33.9. The van der Waals surface area contributed by atoms with E-state index in [0.717, 1.165) is 17.8 Å². The zero-order chi connectivity index (χ0) is 26.6. The van der Waals surface area contributed by atoms with Crippen LogP contribution in [0.2, 0.25) is 0 Å². The summed E-state index contributed by atoms with van der Waals surface area (Å²) in [7, 11) is -2.15. The minimum atomic E-state index is -3.67. The molecule has 2 aliphatic rings. The second-order valence-electron chi connectivity index (χ2n) is 10.1. The van der Waals surface area contributed by atoms with Crippen molar-refractivity contribution in [2.45, 2.75) is 62.3 Å². The van der Waals surface area contributed by atoms with Gasteiger partial charge in [0.15, 0.2) is 0 Å². The summed E-state index contributed by atoms with van der Waals surface area (Å²) in [6, 6.07) is 4.55. The summed E-state index contributed by atoms with van der Waals surface area (Å²) in [5.74, 6) is 6.68. The Bertz CT molecular complexity index is 1250. The number of aromatic nitrogens is 1. The number of nitrogens with zero attached hydrogens (tertiary/aromatic N) is 3. The molecule has 37 heavy (non-hydrogen) atoms. The highest BCUT2D eigenvalue weighted by molar-refractivity contribution is 7.91. The summed E-state index contributed by atoms with van der Waals surface area (Å²) >= 11 is 1.16. The Morgan fingerprint density at radius 1 is 1.35 bits per heavy atom. The van der Waals surface area contributed by atoms with Crippen LogP contribution in [0, 0.1) is 23.7 Å². The summed E-state index contributed by atoms with van der Waals surface area (Å²) in [4.78, 5) is 19.6.